The lowest BCUT2D eigenvalue weighted by Crippen LogP contribution is -3.00. The Kier molecular flexibility index (Phi) is 12.1. The van der Waals surface area contributed by atoms with Crippen LogP contribution < -0.4 is 22.0 Å². The van der Waals surface area contributed by atoms with Gasteiger partial charge < -0.3 is 31.6 Å². The number of rotatable bonds is 13. The Labute approximate surface area is 301 Å². The number of fused-ring (bicyclic) bond motifs is 4. The molecule has 268 valence electrons. The van der Waals surface area contributed by atoms with E-state index in [-0.39, 0.29) is 18.2 Å². The number of unbranched alkanes of at least 4 members (excludes halogenated alkanes) is 2. The molecule has 4 heterocycles. The van der Waals surface area contributed by atoms with Crippen molar-refractivity contribution < 1.29 is 35.2 Å². The number of hydrogen-bond donors (Lipinski definition) is 1. The molecule has 9 heteroatoms. The summed E-state index contributed by atoms with van der Waals surface area (Å²) in [6.07, 6.45) is 4.21. The Hall–Kier alpha value is -2.62. The zero-order chi connectivity index (χ0) is 33.9. The third-order valence-electron chi connectivity index (χ3n) is 11.5. The van der Waals surface area contributed by atoms with Crippen molar-refractivity contribution in [3.8, 4) is 5.75 Å². The van der Waals surface area contributed by atoms with E-state index in [1.165, 1.54) is 49.3 Å². The van der Waals surface area contributed by atoms with Gasteiger partial charge in [0, 0.05) is 56.3 Å². The van der Waals surface area contributed by atoms with Crippen LogP contribution >= 0.6 is 0 Å². The summed E-state index contributed by atoms with van der Waals surface area (Å²) in [7, 11) is 0.290. The molecule has 0 unspecified atom stereocenters. The smallest absolute Gasteiger partial charge is 0.179 e. The number of anilines is 1. The Balaban J connectivity index is 0.00000468. The molecule has 49 heavy (non-hydrogen) atoms. The van der Waals surface area contributed by atoms with Crippen molar-refractivity contribution >= 4 is 15.5 Å². The van der Waals surface area contributed by atoms with E-state index in [1.54, 1.807) is 6.07 Å². The first-order valence-corrected chi connectivity index (χ1v) is 19.8. The minimum absolute atomic E-state index is 0. The van der Waals surface area contributed by atoms with Gasteiger partial charge in [-0.15, -0.1) is 0 Å². The van der Waals surface area contributed by atoms with Crippen LogP contribution in [0.2, 0.25) is 0 Å². The summed E-state index contributed by atoms with van der Waals surface area (Å²) in [4.78, 5) is 4.93. The van der Waals surface area contributed by atoms with Gasteiger partial charge in [0.05, 0.1) is 36.4 Å². The molecule has 0 radical (unpaired) electrons. The number of hydrogen-bond acceptors (Lipinski definition) is 6. The summed E-state index contributed by atoms with van der Waals surface area (Å²) in [5.41, 5.74) is 4.34. The first kappa shape index (κ1) is 37.6. The van der Waals surface area contributed by atoms with Crippen molar-refractivity contribution in [2.75, 3.05) is 64.0 Å². The van der Waals surface area contributed by atoms with Crippen molar-refractivity contribution in [2.24, 2.45) is 5.41 Å². The quantitative estimate of drug-likeness (QED) is 0.274. The highest BCUT2D eigenvalue weighted by Gasteiger charge is 2.49. The number of ether oxygens (including phenoxy) is 1. The molecule has 0 saturated carbocycles. The molecule has 3 fully saturated rings. The van der Waals surface area contributed by atoms with Gasteiger partial charge in [-0.25, -0.2) is 8.42 Å². The van der Waals surface area contributed by atoms with E-state index >= 15 is 0 Å². The van der Waals surface area contributed by atoms with Gasteiger partial charge in [-0.1, -0.05) is 75.9 Å². The highest BCUT2D eigenvalue weighted by Crippen LogP contribution is 2.50. The lowest BCUT2D eigenvalue weighted by Gasteiger charge is -2.50. The molecule has 3 saturated heterocycles. The van der Waals surface area contributed by atoms with Gasteiger partial charge in [-0.3, -0.25) is 4.90 Å². The fourth-order valence-corrected chi connectivity index (χ4v) is 10.6. The van der Waals surface area contributed by atoms with Crippen LogP contribution in [0.1, 0.15) is 80.5 Å². The molecule has 4 aliphatic heterocycles. The van der Waals surface area contributed by atoms with E-state index in [1.807, 2.05) is 55.4 Å². The fourth-order valence-electron chi connectivity index (χ4n) is 8.43. The molecule has 2 atom stereocenters. The zero-order valence-corrected chi connectivity index (χ0v) is 31.5. The van der Waals surface area contributed by atoms with Gasteiger partial charge in [0.15, 0.2) is 9.84 Å². The van der Waals surface area contributed by atoms with Gasteiger partial charge >= 0.3 is 0 Å². The predicted octanol–water partition coefficient (Wildman–Crippen LogP) is 3.63. The van der Waals surface area contributed by atoms with Gasteiger partial charge in [0.2, 0.25) is 0 Å². The molecule has 4 aliphatic rings. The first-order valence-electron chi connectivity index (χ1n) is 18.2. The molecular formula is C40H56ClN3O4S. The van der Waals surface area contributed by atoms with Gasteiger partial charge in [-0.05, 0) is 59.9 Å². The second-order valence-corrected chi connectivity index (χ2v) is 17.0. The lowest BCUT2D eigenvalue weighted by molar-refractivity contribution is -0.953. The summed E-state index contributed by atoms with van der Waals surface area (Å²) >= 11 is 0. The van der Waals surface area contributed by atoms with E-state index in [9.17, 15) is 13.5 Å². The van der Waals surface area contributed by atoms with E-state index in [2.05, 4.69) is 43.0 Å². The number of benzene rings is 3. The highest BCUT2D eigenvalue weighted by atomic mass is 35.5. The van der Waals surface area contributed by atoms with Crippen molar-refractivity contribution in [3.63, 3.8) is 0 Å². The van der Waals surface area contributed by atoms with E-state index in [0.717, 1.165) is 54.8 Å². The maximum absolute atomic E-state index is 14.1. The molecule has 7 rings (SSSR count). The Bertz CT molecular complexity index is 1620. The molecule has 7 nitrogen and oxygen atoms in total. The number of halogens is 1. The third-order valence-corrected chi connectivity index (χ3v) is 13.5. The van der Waals surface area contributed by atoms with Crippen molar-refractivity contribution in [3.05, 3.63) is 89.0 Å². The maximum atomic E-state index is 14.1. The second-order valence-electron chi connectivity index (χ2n) is 15.1. The number of aliphatic hydroxyl groups excluding tert-OH is 1. The standard InChI is InChI=1S/C40H56N3O4S.ClH/c1-5-7-19-40(20-8-6-2)30-48(45,46)37-18-15-34(41(3)4)27-36(37)38(39(40)44)33-13-16-35(17-14-33)47-29-32-11-9-31(10-12-32)28-43-24-21-42(22-25-43)23-26-43;/h9-18,27,38-39,44H,5-8,19-26,28-30H2,1-4H3;1H/q+1;/p-1/t38-,39-;/m0./s1. The van der Waals surface area contributed by atoms with Crippen LogP contribution in [-0.4, -0.2) is 88.1 Å². The molecule has 1 N–H and O–H groups in total. The average molecular weight is 710 g/mol. The summed E-state index contributed by atoms with van der Waals surface area (Å²) in [6.45, 7) is 13.3. The minimum atomic E-state index is -3.63. The average Bonchev–Trinajstić information content (AvgIpc) is 3.17. The lowest BCUT2D eigenvalue weighted by atomic mass is 9.68. The number of sulfone groups is 1. The second kappa shape index (κ2) is 15.7. The fraction of sp³-hybridized carbons (Fsp3) is 0.550. The first-order chi connectivity index (χ1) is 23.1. The Morgan fingerprint density at radius 2 is 1.47 bits per heavy atom. The molecule has 0 amide bonds. The van der Waals surface area contributed by atoms with Gasteiger partial charge in [-0.2, -0.15) is 0 Å². The highest BCUT2D eigenvalue weighted by molar-refractivity contribution is 7.91. The normalized spacial score (nSPS) is 25.1. The Morgan fingerprint density at radius 3 is 2.04 bits per heavy atom. The largest absolute Gasteiger partial charge is 1.00 e. The van der Waals surface area contributed by atoms with E-state index in [4.69, 9.17) is 4.74 Å². The van der Waals surface area contributed by atoms with Gasteiger partial charge in [0.25, 0.3) is 0 Å². The van der Waals surface area contributed by atoms with Crippen LogP contribution in [-0.2, 0) is 23.0 Å². The maximum Gasteiger partial charge on any atom is 0.179 e. The van der Waals surface area contributed by atoms with Crippen molar-refractivity contribution in [2.45, 2.75) is 82.4 Å². The molecule has 2 bridgehead atoms. The predicted molar refractivity (Wildman–Crippen MR) is 194 cm³/mol. The van der Waals surface area contributed by atoms with Crippen molar-refractivity contribution in [1.82, 2.24) is 4.90 Å². The summed E-state index contributed by atoms with van der Waals surface area (Å²) in [5.74, 6) is 0.264. The molecular weight excluding hydrogens is 654 g/mol. The van der Waals surface area contributed by atoms with E-state index in [0.29, 0.717) is 29.9 Å². The van der Waals surface area contributed by atoms with Crippen LogP contribution in [0.25, 0.3) is 0 Å². The summed E-state index contributed by atoms with van der Waals surface area (Å²) in [5, 5.41) is 12.4. The van der Waals surface area contributed by atoms with Crippen LogP contribution in [0.3, 0.4) is 0 Å². The van der Waals surface area contributed by atoms with Crippen LogP contribution in [0, 0.1) is 5.41 Å². The number of piperazine rings is 3. The monoisotopic (exact) mass is 709 g/mol. The number of aliphatic hydroxyl groups is 1. The molecule has 3 aromatic rings. The number of quaternary nitrogens is 1. The summed E-state index contributed by atoms with van der Waals surface area (Å²) < 4.78 is 35.7. The Morgan fingerprint density at radius 1 is 0.878 bits per heavy atom. The van der Waals surface area contributed by atoms with E-state index < -0.39 is 27.3 Å². The molecule has 0 aliphatic carbocycles. The molecule has 3 aromatic carbocycles. The summed E-state index contributed by atoms with van der Waals surface area (Å²) in [6, 6.07) is 22.5. The number of nitrogens with zero attached hydrogens (tertiary/aromatic N) is 3. The topological polar surface area (TPSA) is 70.1 Å². The van der Waals surface area contributed by atoms with Crippen molar-refractivity contribution in [1.29, 1.82) is 0 Å². The third kappa shape index (κ3) is 8.15. The minimum Gasteiger partial charge on any atom is -1.00 e. The van der Waals surface area contributed by atoms with Crippen LogP contribution in [0.15, 0.2) is 71.6 Å². The zero-order valence-electron chi connectivity index (χ0n) is 29.9. The molecule has 0 spiro atoms. The van der Waals surface area contributed by atoms with Crippen LogP contribution in [0.4, 0.5) is 5.69 Å². The van der Waals surface area contributed by atoms with Crippen LogP contribution in [0.5, 0.6) is 5.75 Å². The van der Waals surface area contributed by atoms with Gasteiger partial charge in [0.1, 0.15) is 18.9 Å². The molecule has 0 aromatic heterocycles. The SMILES string of the molecule is CCCCC1(CCCC)CS(=O)(=O)c2ccc(N(C)C)cc2[C@H](c2ccc(OCc3ccc(C[N+]45CCN(CC4)CC5)cc3)cc2)[C@@H]1O.[Cl-].